The van der Waals surface area contributed by atoms with E-state index in [9.17, 15) is 0 Å². The van der Waals surface area contributed by atoms with Crippen LogP contribution in [0.4, 0.5) is 5.69 Å². The van der Waals surface area contributed by atoms with Gasteiger partial charge in [0.2, 0.25) is 0 Å². The number of nitrogen functional groups attached to an aromatic ring is 1. The lowest BCUT2D eigenvalue weighted by Crippen LogP contribution is -1.89. The summed E-state index contributed by atoms with van der Waals surface area (Å²) in [4.78, 5) is 4.23. The van der Waals surface area contributed by atoms with E-state index >= 15 is 0 Å². The molecule has 0 unspecified atom stereocenters. The van der Waals surface area contributed by atoms with Crippen LogP contribution in [0.3, 0.4) is 0 Å². The molecule has 2 heterocycles. The predicted molar refractivity (Wildman–Crippen MR) is 59.7 cm³/mol. The number of rotatable bonds is 1. The summed E-state index contributed by atoms with van der Waals surface area (Å²) in [6, 6.07) is 3.97. The highest BCUT2D eigenvalue weighted by molar-refractivity contribution is 9.10. The van der Waals surface area contributed by atoms with Crippen LogP contribution in [0.5, 0.6) is 0 Å². The van der Waals surface area contributed by atoms with E-state index in [0.717, 1.165) is 15.7 Å². The molecule has 2 N–H and O–H groups in total. The molecule has 0 saturated heterocycles. The van der Waals surface area contributed by atoms with Gasteiger partial charge in [0.25, 0.3) is 0 Å². The maximum Gasteiger partial charge on any atom is 0.0723 e. The van der Waals surface area contributed by atoms with E-state index in [1.165, 1.54) is 0 Å². The quantitative estimate of drug-likeness (QED) is 0.850. The molecular weight excluding hydrogens is 248 g/mol. The van der Waals surface area contributed by atoms with Crippen LogP contribution in [0, 0.1) is 0 Å². The number of anilines is 1. The number of nitrogens with zero attached hydrogens (tertiary/aromatic N) is 1. The molecule has 0 radical (unpaired) electrons. The fraction of sp³-hybridized carbons (Fsp3) is 0. The number of hydrogen-bond donors (Lipinski definition) is 1. The Morgan fingerprint density at radius 2 is 2.31 bits per heavy atom. The van der Waals surface area contributed by atoms with Gasteiger partial charge in [-0.3, -0.25) is 4.98 Å². The summed E-state index contributed by atoms with van der Waals surface area (Å²) in [7, 11) is 0. The van der Waals surface area contributed by atoms with Crippen molar-refractivity contribution in [1.29, 1.82) is 0 Å². The highest BCUT2D eigenvalue weighted by Crippen LogP contribution is 2.25. The summed E-state index contributed by atoms with van der Waals surface area (Å²) < 4.78 is 0.892. The minimum Gasteiger partial charge on any atom is -0.397 e. The van der Waals surface area contributed by atoms with Gasteiger partial charge < -0.3 is 5.73 Å². The second-order valence-corrected chi connectivity index (χ2v) is 4.24. The zero-order valence-electron chi connectivity index (χ0n) is 6.70. The molecule has 0 aliphatic carbocycles. The Labute approximate surface area is 88.6 Å². The van der Waals surface area contributed by atoms with E-state index in [4.69, 9.17) is 5.73 Å². The van der Waals surface area contributed by atoms with Gasteiger partial charge >= 0.3 is 0 Å². The van der Waals surface area contributed by atoms with Gasteiger partial charge in [0.15, 0.2) is 0 Å². The SMILES string of the molecule is Nc1cnc(-c2ccsc2)cc1Br. The third-order valence-corrected chi connectivity index (χ3v) is 3.07. The van der Waals surface area contributed by atoms with E-state index in [0.29, 0.717) is 5.69 Å². The fourth-order valence-electron chi connectivity index (χ4n) is 1.01. The first-order valence-electron chi connectivity index (χ1n) is 3.71. The van der Waals surface area contributed by atoms with E-state index < -0.39 is 0 Å². The molecule has 0 saturated carbocycles. The average molecular weight is 255 g/mol. The molecule has 0 aliphatic rings. The molecule has 0 aromatic carbocycles. The number of nitrogens with two attached hydrogens (primary N) is 1. The first kappa shape index (κ1) is 8.72. The lowest BCUT2D eigenvalue weighted by atomic mass is 10.2. The van der Waals surface area contributed by atoms with Crippen molar-refractivity contribution in [2.75, 3.05) is 5.73 Å². The van der Waals surface area contributed by atoms with E-state index in [-0.39, 0.29) is 0 Å². The Bertz CT molecular complexity index is 412. The third kappa shape index (κ3) is 1.73. The third-order valence-electron chi connectivity index (χ3n) is 1.70. The Morgan fingerprint density at radius 3 is 2.92 bits per heavy atom. The first-order chi connectivity index (χ1) is 6.27. The van der Waals surface area contributed by atoms with Crippen LogP contribution in [0.2, 0.25) is 0 Å². The van der Waals surface area contributed by atoms with Gasteiger partial charge in [-0.05, 0) is 33.4 Å². The zero-order chi connectivity index (χ0) is 9.26. The Morgan fingerprint density at radius 1 is 1.46 bits per heavy atom. The van der Waals surface area contributed by atoms with E-state index in [1.807, 2.05) is 17.5 Å². The van der Waals surface area contributed by atoms with Crippen molar-refractivity contribution in [1.82, 2.24) is 4.98 Å². The molecule has 0 aliphatic heterocycles. The normalized spacial score (nSPS) is 10.2. The van der Waals surface area contributed by atoms with Gasteiger partial charge in [-0.1, -0.05) is 0 Å². The van der Waals surface area contributed by atoms with Crippen LogP contribution in [-0.4, -0.2) is 4.98 Å². The fourth-order valence-corrected chi connectivity index (χ4v) is 1.98. The standard InChI is InChI=1S/C9H7BrN2S/c10-7-3-9(12-4-8(7)11)6-1-2-13-5-6/h1-5H,11H2. The minimum atomic E-state index is 0.666. The molecule has 0 amide bonds. The number of aromatic nitrogens is 1. The Kier molecular flexibility index (Phi) is 2.33. The monoisotopic (exact) mass is 254 g/mol. The molecule has 0 spiro atoms. The van der Waals surface area contributed by atoms with Crippen molar-refractivity contribution in [3.63, 3.8) is 0 Å². The van der Waals surface area contributed by atoms with E-state index in [2.05, 4.69) is 26.3 Å². The Balaban J connectivity index is 2.49. The van der Waals surface area contributed by atoms with Gasteiger partial charge in [-0.2, -0.15) is 11.3 Å². The predicted octanol–water partition coefficient (Wildman–Crippen LogP) is 3.15. The van der Waals surface area contributed by atoms with Crippen LogP contribution in [0.1, 0.15) is 0 Å². The molecular formula is C9H7BrN2S. The second kappa shape index (κ2) is 3.47. The molecule has 4 heteroatoms. The van der Waals surface area contributed by atoms with Gasteiger partial charge in [0, 0.05) is 15.4 Å². The van der Waals surface area contributed by atoms with Gasteiger partial charge in [-0.15, -0.1) is 0 Å². The highest BCUT2D eigenvalue weighted by atomic mass is 79.9. The summed E-state index contributed by atoms with van der Waals surface area (Å²) >= 11 is 5.03. The molecule has 0 atom stereocenters. The lowest BCUT2D eigenvalue weighted by Gasteiger charge is -2.00. The van der Waals surface area contributed by atoms with Crippen molar-refractivity contribution in [2.24, 2.45) is 0 Å². The second-order valence-electron chi connectivity index (χ2n) is 2.60. The van der Waals surface area contributed by atoms with Gasteiger partial charge in [0.05, 0.1) is 17.6 Å². The molecule has 2 aromatic heterocycles. The zero-order valence-corrected chi connectivity index (χ0v) is 9.10. The molecule has 0 fully saturated rings. The van der Waals surface area contributed by atoms with Crippen LogP contribution in [0.25, 0.3) is 11.3 Å². The van der Waals surface area contributed by atoms with Crippen LogP contribution >= 0.6 is 27.3 Å². The molecule has 2 nitrogen and oxygen atoms in total. The molecule has 0 bridgehead atoms. The van der Waals surface area contributed by atoms with Crippen molar-refractivity contribution in [2.45, 2.75) is 0 Å². The smallest absolute Gasteiger partial charge is 0.0723 e. The van der Waals surface area contributed by atoms with Crippen LogP contribution in [-0.2, 0) is 0 Å². The summed E-state index contributed by atoms with van der Waals surface area (Å²) in [6.45, 7) is 0. The summed E-state index contributed by atoms with van der Waals surface area (Å²) in [5, 5.41) is 4.09. The summed E-state index contributed by atoms with van der Waals surface area (Å²) in [5.41, 5.74) is 8.38. The van der Waals surface area contributed by atoms with Crippen molar-refractivity contribution in [3.05, 3.63) is 33.6 Å². The number of halogens is 1. The average Bonchev–Trinajstić information content (AvgIpc) is 2.62. The maximum atomic E-state index is 5.64. The molecule has 13 heavy (non-hydrogen) atoms. The summed E-state index contributed by atoms with van der Waals surface area (Å²) in [5.74, 6) is 0. The van der Waals surface area contributed by atoms with Gasteiger partial charge in [-0.25, -0.2) is 0 Å². The van der Waals surface area contributed by atoms with Crippen LogP contribution < -0.4 is 5.73 Å². The number of thiophene rings is 1. The summed E-state index contributed by atoms with van der Waals surface area (Å²) in [6.07, 6.45) is 1.66. The molecule has 2 rings (SSSR count). The maximum absolute atomic E-state index is 5.64. The van der Waals surface area contributed by atoms with Gasteiger partial charge in [0.1, 0.15) is 0 Å². The molecule has 2 aromatic rings. The van der Waals surface area contributed by atoms with Crippen molar-refractivity contribution in [3.8, 4) is 11.3 Å². The number of hydrogen-bond acceptors (Lipinski definition) is 3. The lowest BCUT2D eigenvalue weighted by molar-refractivity contribution is 1.32. The van der Waals surface area contributed by atoms with E-state index in [1.54, 1.807) is 17.5 Å². The number of pyridine rings is 1. The topological polar surface area (TPSA) is 38.9 Å². The highest BCUT2D eigenvalue weighted by Gasteiger charge is 2.02. The molecule has 66 valence electrons. The van der Waals surface area contributed by atoms with Crippen molar-refractivity contribution < 1.29 is 0 Å². The Hall–Kier alpha value is -0.870. The largest absolute Gasteiger partial charge is 0.397 e. The first-order valence-corrected chi connectivity index (χ1v) is 5.44. The van der Waals surface area contributed by atoms with Crippen LogP contribution in [0.15, 0.2) is 33.6 Å². The van der Waals surface area contributed by atoms with Crippen molar-refractivity contribution >= 4 is 33.0 Å². The minimum absolute atomic E-state index is 0.666.